The Morgan fingerprint density at radius 3 is 2.47 bits per heavy atom. The summed E-state index contributed by atoms with van der Waals surface area (Å²) >= 11 is 0. The molecule has 7 heteroatoms. The molecule has 1 atom stereocenters. The van der Waals surface area contributed by atoms with Gasteiger partial charge in [-0.15, -0.1) is 0 Å². The van der Waals surface area contributed by atoms with Crippen LogP contribution in [-0.4, -0.2) is 43.4 Å². The fourth-order valence-corrected chi connectivity index (χ4v) is 2.34. The summed E-state index contributed by atoms with van der Waals surface area (Å²) in [7, 11) is -3.36. The molecule has 0 unspecified atom stereocenters. The topological polar surface area (TPSA) is 110 Å². The Kier molecular flexibility index (Phi) is 5.27. The lowest BCUT2D eigenvalue weighted by Crippen LogP contribution is -2.24. The largest absolute Gasteiger partial charge is 0.481 e. The lowest BCUT2D eigenvalue weighted by atomic mass is 10.2. The zero-order chi connectivity index (χ0) is 12.1. The molecule has 0 saturated heterocycles. The first kappa shape index (κ1) is 13.9. The fourth-order valence-electron chi connectivity index (χ4n) is 0.897. The first-order valence-electron chi connectivity index (χ1n) is 4.44. The minimum absolute atomic E-state index is 0.0804. The molecule has 0 bridgehead atoms. The summed E-state index contributed by atoms with van der Waals surface area (Å²) in [6, 6.07) is 0. The summed E-state index contributed by atoms with van der Waals surface area (Å²) in [4.78, 5) is 14.2. The van der Waals surface area contributed by atoms with Crippen molar-refractivity contribution in [3.05, 3.63) is 0 Å². The van der Waals surface area contributed by atoms with Crippen molar-refractivity contribution >= 4 is 21.6 Å². The molecule has 0 aromatic heterocycles. The average molecular weight is 236 g/mol. The van der Waals surface area contributed by atoms with E-state index in [-0.39, 0.29) is 18.1 Å². The first-order chi connectivity index (χ1) is 6.74. The Morgan fingerprint density at radius 1 is 1.53 bits per heavy atom. The van der Waals surface area contributed by atoms with Crippen LogP contribution in [0, 0.1) is 5.92 Å². The van der Waals surface area contributed by atoms with E-state index in [4.69, 9.17) is 10.8 Å². The summed E-state index contributed by atoms with van der Waals surface area (Å²) in [6.45, 7) is 3.00. The highest BCUT2D eigenvalue weighted by atomic mass is 32.2. The van der Waals surface area contributed by atoms with Crippen molar-refractivity contribution in [3.63, 3.8) is 0 Å². The Labute approximate surface area is 89.1 Å². The molecule has 0 aliphatic rings. The molecule has 0 aliphatic heterocycles. The number of sulfone groups is 1. The highest BCUT2D eigenvalue weighted by Gasteiger charge is 2.20. The predicted molar refractivity (Wildman–Crippen MR) is 57.6 cm³/mol. The Hall–Kier alpha value is -1.11. The van der Waals surface area contributed by atoms with Gasteiger partial charge in [-0.3, -0.25) is 9.79 Å². The van der Waals surface area contributed by atoms with E-state index in [1.54, 1.807) is 6.92 Å². The van der Waals surface area contributed by atoms with Gasteiger partial charge in [-0.1, -0.05) is 6.92 Å². The lowest BCUT2D eigenvalue weighted by Gasteiger charge is -2.06. The first-order valence-corrected chi connectivity index (χ1v) is 6.26. The maximum Gasteiger partial charge on any atom is 0.307 e. The monoisotopic (exact) mass is 236 g/mol. The van der Waals surface area contributed by atoms with Crippen LogP contribution in [0.2, 0.25) is 0 Å². The number of hydrogen-bond acceptors (Lipinski definition) is 4. The standard InChI is InChI=1S/C8H16N2O4S/c1-6(8(11)12)5-15(13,14)4-3-10-7(2)9/h6H,3-5H2,1-2H3,(H2,9,10)(H,11,12)/t6-/m1/s1. The Balaban J connectivity index is 4.21. The van der Waals surface area contributed by atoms with Crippen LogP contribution in [0.15, 0.2) is 4.99 Å². The van der Waals surface area contributed by atoms with E-state index in [0.717, 1.165) is 0 Å². The number of hydrogen-bond donors (Lipinski definition) is 2. The highest BCUT2D eigenvalue weighted by molar-refractivity contribution is 7.91. The summed E-state index contributed by atoms with van der Waals surface area (Å²) in [6.07, 6.45) is 0. The van der Waals surface area contributed by atoms with E-state index in [2.05, 4.69) is 4.99 Å². The van der Waals surface area contributed by atoms with Gasteiger partial charge in [0.2, 0.25) is 0 Å². The van der Waals surface area contributed by atoms with Crippen molar-refractivity contribution in [2.45, 2.75) is 13.8 Å². The number of nitrogens with two attached hydrogens (primary N) is 1. The molecule has 0 saturated carbocycles. The SMILES string of the molecule is CC(N)=NCCS(=O)(=O)C[C@@H](C)C(=O)O. The number of nitrogens with zero attached hydrogens (tertiary/aromatic N) is 1. The van der Waals surface area contributed by atoms with Crippen LogP contribution in [0.5, 0.6) is 0 Å². The van der Waals surface area contributed by atoms with Gasteiger partial charge >= 0.3 is 5.97 Å². The van der Waals surface area contributed by atoms with Crippen LogP contribution in [-0.2, 0) is 14.6 Å². The summed E-state index contributed by atoms with van der Waals surface area (Å²) in [5.74, 6) is -2.22. The van der Waals surface area contributed by atoms with Gasteiger partial charge in [0, 0.05) is 0 Å². The summed E-state index contributed by atoms with van der Waals surface area (Å²) in [5, 5.41) is 8.55. The second kappa shape index (κ2) is 5.69. The zero-order valence-corrected chi connectivity index (χ0v) is 9.62. The van der Waals surface area contributed by atoms with Crippen LogP contribution in [0.25, 0.3) is 0 Å². The minimum Gasteiger partial charge on any atom is -0.481 e. The van der Waals surface area contributed by atoms with E-state index in [9.17, 15) is 13.2 Å². The molecule has 3 N–H and O–H groups in total. The van der Waals surface area contributed by atoms with E-state index in [1.807, 2.05) is 0 Å². The molecular weight excluding hydrogens is 220 g/mol. The lowest BCUT2D eigenvalue weighted by molar-refractivity contribution is -0.140. The quantitative estimate of drug-likeness (QED) is 0.477. The number of carboxylic acids is 1. The number of carbonyl (C=O) groups is 1. The van der Waals surface area contributed by atoms with Gasteiger partial charge in [0.05, 0.1) is 29.8 Å². The summed E-state index contributed by atoms with van der Waals surface area (Å²) in [5.41, 5.74) is 5.23. The van der Waals surface area contributed by atoms with Crippen molar-refractivity contribution in [2.24, 2.45) is 16.6 Å². The number of aliphatic carboxylic acids is 1. The highest BCUT2D eigenvalue weighted by Crippen LogP contribution is 2.02. The third-order valence-corrected chi connectivity index (χ3v) is 3.50. The average Bonchev–Trinajstić information content (AvgIpc) is 2.01. The van der Waals surface area contributed by atoms with E-state index in [0.29, 0.717) is 5.84 Å². The molecule has 0 heterocycles. The predicted octanol–water partition coefficient (Wildman–Crippen LogP) is -0.501. The van der Waals surface area contributed by atoms with E-state index in [1.165, 1.54) is 6.92 Å². The fraction of sp³-hybridized carbons (Fsp3) is 0.750. The van der Waals surface area contributed by atoms with Gasteiger partial charge in [0.15, 0.2) is 9.84 Å². The van der Waals surface area contributed by atoms with E-state index < -0.39 is 21.7 Å². The number of rotatable bonds is 6. The molecule has 0 rings (SSSR count). The third kappa shape index (κ3) is 6.89. The van der Waals surface area contributed by atoms with Crippen molar-refractivity contribution in [1.82, 2.24) is 0 Å². The molecule has 15 heavy (non-hydrogen) atoms. The van der Waals surface area contributed by atoms with Gasteiger partial charge < -0.3 is 10.8 Å². The van der Waals surface area contributed by atoms with Crippen LogP contribution in [0.4, 0.5) is 0 Å². The molecule has 0 radical (unpaired) electrons. The van der Waals surface area contributed by atoms with Gasteiger partial charge in [-0.05, 0) is 6.92 Å². The maximum atomic E-state index is 11.4. The molecule has 0 spiro atoms. The van der Waals surface area contributed by atoms with Crippen molar-refractivity contribution < 1.29 is 18.3 Å². The summed E-state index contributed by atoms with van der Waals surface area (Å²) < 4.78 is 22.7. The molecule has 0 fully saturated rings. The molecule has 0 aliphatic carbocycles. The molecule has 0 amide bonds. The van der Waals surface area contributed by atoms with Gasteiger partial charge in [0.25, 0.3) is 0 Å². The normalized spacial score (nSPS) is 14.9. The van der Waals surface area contributed by atoms with Crippen LogP contribution in [0.3, 0.4) is 0 Å². The molecule has 88 valence electrons. The molecule has 0 aromatic rings. The number of carboxylic acid groups (broad SMARTS) is 1. The van der Waals surface area contributed by atoms with Crippen molar-refractivity contribution in [1.29, 1.82) is 0 Å². The van der Waals surface area contributed by atoms with Crippen LogP contribution < -0.4 is 5.73 Å². The molecular formula is C8H16N2O4S. The number of amidine groups is 1. The van der Waals surface area contributed by atoms with Gasteiger partial charge in [-0.25, -0.2) is 8.42 Å². The van der Waals surface area contributed by atoms with Crippen molar-refractivity contribution in [3.8, 4) is 0 Å². The second-order valence-electron chi connectivity index (χ2n) is 3.38. The van der Waals surface area contributed by atoms with Crippen LogP contribution in [0.1, 0.15) is 13.8 Å². The van der Waals surface area contributed by atoms with Crippen LogP contribution >= 0.6 is 0 Å². The second-order valence-corrected chi connectivity index (χ2v) is 5.61. The minimum atomic E-state index is -3.36. The van der Waals surface area contributed by atoms with Crippen molar-refractivity contribution in [2.75, 3.05) is 18.1 Å². The number of aliphatic imine (C=N–C) groups is 1. The Morgan fingerprint density at radius 2 is 2.07 bits per heavy atom. The third-order valence-electron chi connectivity index (χ3n) is 1.69. The van der Waals surface area contributed by atoms with Gasteiger partial charge in [-0.2, -0.15) is 0 Å². The molecule has 6 nitrogen and oxygen atoms in total. The Bertz CT molecular complexity index is 344. The maximum absolute atomic E-state index is 11.4. The van der Waals surface area contributed by atoms with Gasteiger partial charge in [0.1, 0.15) is 0 Å². The zero-order valence-electron chi connectivity index (χ0n) is 8.80. The van der Waals surface area contributed by atoms with E-state index >= 15 is 0 Å². The molecule has 0 aromatic carbocycles. The smallest absolute Gasteiger partial charge is 0.307 e.